The van der Waals surface area contributed by atoms with Crippen molar-refractivity contribution in [2.75, 3.05) is 13.1 Å². The van der Waals surface area contributed by atoms with E-state index in [4.69, 9.17) is 14.9 Å². The number of carbonyl (C=O) groups excluding carboxylic acids is 1. The first kappa shape index (κ1) is 16.4. The summed E-state index contributed by atoms with van der Waals surface area (Å²) in [5, 5.41) is 0. The Labute approximate surface area is 135 Å². The standard InChI is InChI=1S/C16H18N2O3.ClH/c17-12-5-4-10-18(11-12)16(19)14-8-9-15(21-14)20-13-6-2-1-3-7-13;/h1-3,6-9,12H,4-5,10-11,17H2;1H. The molecular formula is C16H19ClN2O3. The number of benzene rings is 1. The molecule has 0 radical (unpaired) electrons. The van der Waals surface area contributed by atoms with Crippen LogP contribution < -0.4 is 10.5 Å². The molecule has 2 aromatic rings. The Kier molecular flexibility index (Phi) is 5.46. The molecule has 5 nitrogen and oxygen atoms in total. The molecule has 1 aliphatic heterocycles. The van der Waals surface area contributed by atoms with Crippen molar-refractivity contribution in [3.05, 3.63) is 48.2 Å². The van der Waals surface area contributed by atoms with Gasteiger partial charge in [-0.05, 0) is 31.0 Å². The number of halogens is 1. The molecule has 3 rings (SSSR count). The van der Waals surface area contributed by atoms with E-state index in [0.717, 1.165) is 19.4 Å². The fourth-order valence-electron chi connectivity index (χ4n) is 2.44. The SMILES string of the molecule is Cl.NC1CCCN(C(=O)c2ccc(Oc3ccccc3)o2)C1. The number of para-hydroxylation sites is 1. The maximum Gasteiger partial charge on any atom is 0.290 e. The van der Waals surface area contributed by atoms with E-state index in [1.54, 1.807) is 17.0 Å². The van der Waals surface area contributed by atoms with Gasteiger partial charge in [0.25, 0.3) is 11.9 Å². The highest BCUT2D eigenvalue weighted by Crippen LogP contribution is 2.24. The van der Waals surface area contributed by atoms with Gasteiger partial charge in [0.2, 0.25) is 0 Å². The quantitative estimate of drug-likeness (QED) is 0.943. The number of furan rings is 1. The van der Waals surface area contributed by atoms with Gasteiger partial charge in [-0.25, -0.2) is 0 Å². The van der Waals surface area contributed by atoms with E-state index >= 15 is 0 Å². The Hall–Kier alpha value is -1.98. The topological polar surface area (TPSA) is 68.7 Å². The van der Waals surface area contributed by atoms with Crippen molar-refractivity contribution in [2.45, 2.75) is 18.9 Å². The van der Waals surface area contributed by atoms with Crippen molar-refractivity contribution in [2.24, 2.45) is 5.73 Å². The van der Waals surface area contributed by atoms with Gasteiger partial charge >= 0.3 is 0 Å². The van der Waals surface area contributed by atoms with Crippen LogP contribution in [0.5, 0.6) is 11.7 Å². The average molecular weight is 323 g/mol. The van der Waals surface area contributed by atoms with Crippen LogP contribution in [0.1, 0.15) is 23.4 Å². The van der Waals surface area contributed by atoms with Crippen molar-refractivity contribution in [3.8, 4) is 11.7 Å². The fourth-order valence-corrected chi connectivity index (χ4v) is 2.44. The van der Waals surface area contributed by atoms with Gasteiger partial charge in [-0.15, -0.1) is 12.4 Å². The molecule has 6 heteroatoms. The zero-order chi connectivity index (χ0) is 14.7. The molecule has 1 saturated heterocycles. The second-order valence-electron chi connectivity index (χ2n) is 5.19. The van der Waals surface area contributed by atoms with Crippen LogP contribution in [-0.4, -0.2) is 29.9 Å². The highest BCUT2D eigenvalue weighted by atomic mass is 35.5. The molecule has 2 heterocycles. The van der Waals surface area contributed by atoms with Gasteiger partial charge < -0.3 is 19.8 Å². The maximum atomic E-state index is 12.3. The van der Waals surface area contributed by atoms with Gasteiger partial charge in [-0.1, -0.05) is 18.2 Å². The summed E-state index contributed by atoms with van der Waals surface area (Å²) in [6.45, 7) is 1.30. The molecule has 1 aromatic carbocycles. The molecule has 1 unspecified atom stereocenters. The lowest BCUT2D eigenvalue weighted by molar-refractivity contribution is 0.0671. The molecule has 0 bridgehead atoms. The summed E-state index contributed by atoms with van der Waals surface area (Å²) in [6.07, 6.45) is 1.89. The minimum Gasteiger partial charge on any atom is -0.426 e. The van der Waals surface area contributed by atoms with E-state index < -0.39 is 0 Å². The largest absolute Gasteiger partial charge is 0.426 e. The predicted octanol–water partition coefficient (Wildman–Crippen LogP) is 3.06. The molecule has 0 spiro atoms. The van der Waals surface area contributed by atoms with Crippen LogP contribution in [0.15, 0.2) is 46.9 Å². The number of amides is 1. The summed E-state index contributed by atoms with van der Waals surface area (Å²) in [7, 11) is 0. The number of hydrogen-bond acceptors (Lipinski definition) is 4. The lowest BCUT2D eigenvalue weighted by Crippen LogP contribution is -2.45. The smallest absolute Gasteiger partial charge is 0.290 e. The van der Waals surface area contributed by atoms with Crippen LogP contribution in [-0.2, 0) is 0 Å². The number of nitrogens with two attached hydrogens (primary N) is 1. The summed E-state index contributed by atoms with van der Waals surface area (Å²) < 4.78 is 11.0. The summed E-state index contributed by atoms with van der Waals surface area (Å²) in [6, 6.07) is 12.7. The zero-order valence-corrected chi connectivity index (χ0v) is 12.9. The second-order valence-corrected chi connectivity index (χ2v) is 5.19. The van der Waals surface area contributed by atoms with E-state index in [9.17, 15) is 4.79 Å². The van der Waals surface area contributed by atoms with Gasteiger partial charge in [0.05, 0.1) is 0 Å². The van der Waals surface area contributed by atoms with Crippen LogP contribution in [0.4, 0.5) is 0 Å². The Morgan fingerprint density at radius 1 is 1.23 bits per heavy atom. The minimum atomic E-state index is -0.131. The van der Waals surface area contributed by atoms with Crippen LogP contribution >= 0.6 is 12.4 Å². The average Bonchev–Trinajstić information content (AvgIpc) is 2.96. The molecule has 1 aromatic heterocycles. The molecule has 0 saturated carbocycles. The first-order valence-corrected chi connectivity index (χ1v) is 7.10. The molecule has 0 aliphatic carbocycles. The fraction of sp³-hybridized carbons (Fsp3) is 0.312. The summed E-state index contributed by atoms with van der Waals surface area (Å²) in [5.41, 5.74) is 5.90. The van der Waals surface area contributed by atoms with Crippen LogP contribution in [0.2, 0.25) is 0 Å². The lowest BCUT2D eigenvalue weighted by atomic mass is 10.1. The van der Waals surface area contributed by atoms with E-state index in [0.29, 0.717) is 18.2 Å². The number of nitrogens with zero attached hydrogens (tertiary/aromatic N) is 1. The Balaban J connectivity index is 0.00000176. The highest BCUT2D eigenvalue weighted by molar-refractivity contribution is 5.91. The second kappa shape index (κ2) is 7.33. The van der Waals surface area contributed by atoms with Gasteiger partial charge in [0.1, 0.15) is 5.75 Å². The lowest BCUT2D eigenvalue weighted by Gasteiger charge is -2.29. The molecule has 1 aliphatic rings. The van der Waals surface area contributed by atoms with E-state index in [1.807, 2.05) is 30.3 Å². The van der Waals surface area contributed by atoms with E-state index in [2.05, 4.69) is 0 Å². The monoisotopic (exact) mass is 322 g/mol. The zero-order valence-electron chi connectivity index (χ0n) is 12.1. The van der Waals surface area contributed by atoms with Gasteiger partial charge in [-0.3, -0.25) is 4.79 Å². The molecule has 1 amide bonds. The Morgan fingerprint density at radius 3 is 2.73 bits per heavy atom. The van der Waals surface area contributed by atoms with Crippen molar-refractivity contribution in [1.29, 1.82) is 0 Å². The van der Waals surface area contributed by atoms with Crippen molar-refractivity contribution in [1.82, 2.24) is 4.90 Å². The van der Waals surface area contributed by atoms with E-state index in [-0.39, 0.29) is 30.1 Å². The third kappa shape index (κ3) is 3.81. The molecule has 2 N–H and O–H groups in total. The number of hydrogen-bond donors (Lipinski definition) is 1. The van der Waals surface area contributed by atoms with Gasteiger partial charge in [0.15, 0.2) is 5.76 Å². The summed E-state index contributed by atoms with van der Waals surface area (Å²) in [5.74, 6) is 1.14. The molecule has 1 fully saturated rings. The van der Waals surface area contributed by atoms with Gasteiger partial charge in [0, 0.05) is 25.2 Å². The van der Waals surface area contributed by atoms with Crippen molar-refractivity contribution < 1.29 is 13.9 Å². The van der Waals surface area contributed by atoms with Crippen LogP contribution in [0.3, 0.4) is 0 Å². The number of likely N-dealkylation sites (tertiary alicyclic amines) is 1. The van der Waals surface area contributed by atoms with Crippen molar-refractivity contribution in [3.63, 3.8) is 0 Å². The van der Waals surface area contributed by atoms with Gasteiger partial charge in [-0.2, -0.15) is 0 Å². The molecule has 1 atom stereocenters. The first-order valence-electron chi connectivity index (χ1n) is 7.10. The first-order chi connectivity index (χ1) is 10.2. The third-order valence-electron chi connectivity index (χ3n) is 3.50. The normalized spacial score (nSPS) is 17.7. The summed E-state index contributed by atoms with van der Waals surface area (Å²) in [4.78, 5) is 14.1. The number of carbonyl (C=O) groups is 1. The summed E-state index contributed by atoms with van der Waals surface area (Å²) >= 11 is 0. The van der Waals surface area contributed by atoms with Crippen LogP contribution in [0, 0.1) is 0 Å². The third-order valence-corrected chi connectivity index (χ3v) is 3.50. The molecular weight excluding hydrogens is 304 g/mol. The molecule has 22 heavy (non-hydrogen) atoms. The predicted molar refractivity (Wildman–Crippen MR) is 85.6 cm³/mol. The number of piperidine rings is 1. The maximum absolute atomic E-state index is 12.3. The van der Waals surface area contributed by atoms with E-state index in [1.165, 1.54) is 0 Å². The minimum absolute atomic E-state index is 0. The van der Waals surface area contributed by atoms with Crippen molar-refractivity contribution >= 4 is 18.3 Å². The number of rotatable bonds is 3. The molecule has 118 valence electrons. The Bertz CT molecular complexity index is 615. The Morgan fingerprint density at radius 2 is 2.00 bits per heavy atom. The van der Waals surface area contributed by atoms with Crippen LogP contribution in [0.25, 0.3) is 0 Å². The highest BCUT2D eigenvalue weighted by Gasteiger charge is 2.24. The number of ether oxygens (including phenoxy) is 1.